The van der Waals surface area contributed by atoms with Gasteiger partial charge in [-0.05, 0) is 17.7 Å². The van der Waals surface area contributed by atoms with Crippen molar-refractivity contribution >= 4 is 10.0 Å². The largest absolute Gasteiger partial charge is 0.213 e. The minimum Gasteiger partial charge on any atom is -0.213 e. The smallest absolute Gasteiger partial charge is 0.211 e. The minimum absolute atomic E-state index is 0.324. The van der Waals surface area contributed by atoms with Crippen LogP contribution in [0.2, 0.25) is 0 Å². The van der Waals surface area contributed by atoms with Gasteiger partial charge in [0, 0.05) is 13.6 Å². The molecule has 0 aliphatic rings. The highest BCUT2D eigenvalue weighted by Crippen LogP contribution is 2.07. The Morgan fingerprint density at radius 1 is 1.33 bits per heavy atom. The SMILES string of the molecule is CN(Cc1ccc(C#N)cc1)S(C)(=O)=O. The van der Waals surface area contributed by atoms with Crippen molar-refractivity contribution in [3.05, 3.63) is 35.4 Å². The zero-order chi connectivity index (χ0) is 11.5. The maximum absolute atomic E-state index is 11.1. The van der Waals surface area contributed by atoms with Gasteiger partial charge in [0.2, 0.25) is 10.0 Å². The van der Waals surface area contributed by atoms with E-state index < -0.39 is 10.0 Å². The molecule has 4 nitrogen and oxygen atoms in total. The molecule has 0 aromatic heterocycles. The second-order valence-corrected chi connectivity index (χ2v) is 5.42. The van der Waals surface area contributed by atoms with E-state index in [1.54, 1.807) is 24.3 Å². The average Bonchev–Trinajstić information content (AvgIpc) is 2.17. The van der Waals surface area contributed by atoms with Gasteiger partial charge in [0.15, 0.2) is 0 Å². The molecule has 15 heavy (non-hydrogen) atoms. The van der Waals surface area contributed by atoms with Gasteiger partial charge in [-0.15, -0.1) is 0 Å². The van der Waals surface area contributed by atoms with Gasteiger partial charge >= 0.3 is 0 Å². The summed E-state index contributed by atoms with van der Waals surface area (Å²) in [5.41, 5.74) is 1.43. The molecule has 0 saturated heterocycles. The van der Waals surface area contributed by atoms with Gasteiger partial charge in [-0.25, -0.2) is 12.7 Å². The third-order valence-electron chi connectivity index (χ3n) is 2.05. The van der Waals surface area contributed by atoms with Gasteiger partial charge in [0.1, 0.15) is 0 Å². The van der Waals surface area contributed by atoms with Crippen LogP contribution in [0.3, 0.4) is 0 Å². The van der Waals surface area contributed by atoms with Crippen molar-refractivity contribution in [2.75, 3.05) is 13.3 Å². The minimum atomic E-state index is -3.15. The molecule has 0 unspecified atom stereocenters. The normalized spacial score (nSPS) is 11.3. The number of nitrogens with zero attached hydrogens (tertiary/aromatic N) is 2. The lowest BCUT2D eigenvalue weighted by molar-refractivity contribution is 0.472. The first-order valence-corrected chi connectivity index (χ1v) is 6.18. The second-order valence-electron chi connectivity index (χ2n) is 3.33. The Morgan fingerprint density at radius 2 is 1.87 bits per heavy atom. The summed E-state index contributed by atoms with van der Waals surface area (Å²) in [5, 5.41) is 8.58. The molecular weight excluding hydrogens is 212 g/mol. The van der Waals surface area contributed by atoms with E-state index in [9.17, 15) is 8.42 Å². The van der Waals surface area contributed by atoms with Gasteiger partial charge in [-0.3, -0.25) is 0 Å². The second kappa shape index (κ2) is 4.43. The molecule has 5 heteroatoms. The van der Waals surface area contributed by atoms with E-state index >= 15 is 0 Å². The Labute approximate surface area is 89.8 Å². The van der Waals surface area contributed by atoms with Crippen molar-refractivity contribution < 1.29 is 8.42 Å². The maximum Gasteiger partial charge on any atom is 0.211 e. The zero-order valence-corrected chi connectivity index (χ0v) is 9.45. The molecule has 0 spiro atoms. The van der Waals surface area contributed by atoms with Gasteiger partial charge in [0.25, 0.3) is 0 Å². The summed E-state index contributed by atoms with van der Waals surface area (Å²) in [7, 11) is -1.63. The molecule has 0 aliphatic heterocycles. The predicted octanol–water partition coefficient (Wildman–Crippen LogP) is 0.950. The third-order valence-corrected chi connectivity index (χ3v) is 3.32. The molecule has 0 heterocycles. The maximum atomic E-state index is 11.1. The molecule has 1 aromatic rings. The Kier molecular flexibility index (Phi) is 3.45. The lowest BCUT2D eigenvalue weighted by atomic mass is 10.1. The number of rotatable bonds is 3. The molecule has 0 saturated carbocycles. The van der Waals surface area contributed by atoms with Crippen molar-refractivity contribution in [2.45, 2.75) is 6.54 Å². The lowest BCUT2D eigenvalue weighted by Gasteiger charge is -2.13. The molecule has 1 rings (SSSR count). The first-order chi connectivity index (χ1) is 6.93. The predicted molar refractivity (Wildman–Crippen MR) is 57.5 cm³/mol. The van der Waals surface area contributed by atoms with Crippen molar-refractivity contribution in [1.82, 2.24) is 4.31 Å². The highest BCUT2D eigenvalue weighted by molar-refractivity contribution is 7.88. The van der Waals surface area contributed by atoms with E-state index in [0.717, 1.165) is 11.8 Å². The standard InChI is InChI=1S/C10H12N2O2S/c1-12(15(2,13)14)8-10-5-3-9(7-11)4-6-10/h3-6H,8H2,1-2H3. The fraction of sp³-hybridized carbons (Fsp3) is 0.300. The Bertz CT molecular complexity index is 471. The molecule has 0 amide bonds. The topological polar surface area (TPSA) is 61.2 Å². The van der Waals surface area contributed by atoms with Crippen LogP contribution in [0.25, 0.3) is 0 Å². The van der Waals surface area contributed by atoms with Crippen molar-refractivity contribution in [3.63, 3.8) is 0 Å². The van der Waals surface area contributed by atoms with Crippen LogP contribution in [-0.4, -0.2) is 26.0 Å². The van der Waals surface area contributed by atoms with Crippen LogP contribution in [0.4, 0.5) is 0 Å². The van der Waals surface area contributed by atoms with E-state index in [-0.39, 0.29) is 0 Å². The summed E-state index contributed by atoms with van der Waals surface area (Å²) < 4.78 is 23.5. The summed E-state index contributed by atoms with van der Waals surface area (Å²) in [6.45, 7) is 0.324. The summed E-state index contributed by atoms with van der Waals surface area (Å²) in [6, 6.07) is 8.85. The van der Waals surface area contributed by atoms with Crippen molar-refractivity contribution in [2.24, 2.45) is 0 Å². The Morgan fingerprint density at radius 3 is 2.27 bits per heavy atom. The molecular formula is C10H12N2O2S. The Hall–Kier alpha value is -1.38. The molecule has 0 aliphatic carbocycles. The van der Waals surface area contributed by atoms with Crippen LogP contribution in [0.1, 0.15) is 11.1 Å². The van der Waals surface area contributed by atoms with Gasteiger partial charge in [0.05, 0.1) is 17.9 Å². The van der Waals surface area contributed by atoms with Crippen LogP contribution in [0, 0.1) is 11.3 Å². The van der Waals surface area contributed by atoms with E-state index in [0.29, 0.717) is 12.1 Å². The summed E-state index contributed by atoms with van der Waals surface area (Å²) in [6.07, 6.45) is 1.16. The fourth-order valence-electron chi connectivity index (χ4n) is 1.06. The Balaban J connectivity index is 2.79. The first-order valence-electron chi connectivity index (χ1n) is 4.34. The van der Waals surface area contributed by atoms with E-state index in [2.05, 4.69) is 0 Å². The van der Waals surface area contributed by atoms with Crippen LogP contribution >= 0.6 is 0 Å². The molecule has 80 valence electrons. The van der Waals surface area contributed by atoms with Crippen molar-refractivity contribution in [3.8, 4) is 6.07 Å². The summed E-state index contributed by atoms with van der Waals surface area (Å²) in [4.78, 5) is 0. The lowest BCUT2D eigenvalue weighted by Crippen LogP contribution is -2.24. The molecule has 0 atom stereocenters. The van der Waals surface area contributed by atoms with Crippen LogP contribution in [0.15, 0.2) is 24.3 Å². The molecule has 0 radical (unpaired) electrons. The van der Waals surface area contributed by atoms with Gasteiger partial charge in [-0.1, -0.05) is 12.1 Å². The van der Waals surface area contributed by atoms with E-state index in [1.165, 1.54) is 11.4 Å². The van der Waals surface area contributed by atoms with Crippen LogP contribution in [0.5, 0.6) is 0 Å². The van der Waals surface area contributed by atoms with Gasteiger partial charge in [-0.2, -0.15) is 5.26 Å². The number of benzene rings is 1. The summed E-state index contributed by atoms with van der Waals surface area (Å²) >= 11 is 0. The fourth-order valence-corrected chi connectivity index (χ4v) is 1.44. The van der Waals surface area contributed by atoms with E-state index in [4.69, 9.17) is 5.26 Å². The molecule has 0 fully saturated rings. The third kappa shape index (κ3) is 3.35. The molecule has 0 bridgehead atoms. The highest BCUT2D eigenvalue weighted by atomic mass is 32.2. The zero-order valence-electron chi connectivity index (χ0n) is 8.64. The monoisotopic (exact) mass is 224 g/mol. The highest BCUT2D eigenvalue weighted by Gasteiger charge is 2.10. The number of hydrogen-bond donors (Lipinski definition) is 0. The summed E-state index contributed by atoms with van der Waals surface area (Å²) in [5.74, 6) is 0. The molecule has 0 N–H and O–H groups in total. The number of nitriles is 1. The molecule has 1 aromatic carbocycles. The number of sulfonamides is 1. The van der Waals surface area contributed by atoms with Gasteiger partial charge < -0.3 is 0 Å². The average molecular weight is 224 g/mol. The quantitative estimate of drug-likeness (QED) is 0.768. The van der Waals surface area contributed by atoms with E-state index in [1.807, 2.05) is 6.07 Å². The first kappa shape index (κ1) is 11.7. The number of hydrogen-bond acceptors (Lipinski definition) is 3. The van der Waals surface area contributed by atoms with Crippen LogP contribution < -0.4 is 0 Å². The van der Waals surface area contributed by atoms with Crippen LogP contribution in [-0.2, 0) is 16.6 Å². The van der Waals surface area contributed by atoms with Crippen molar-refractivity contribution in [1.29, 1.82) is 5.26 Å².